The molecule has 0 spiro atoms. The number of carbonyl (C=O) groups is 1. The van der Waals surface area contributed by atoms with Gasteiger partial charge in [0.1, 0.15) is 0 Å². The number of pyridine rings is 1. The Bertz CT molecular complexity index is 890. The van der Waals surface area contributed by atoms with E-state index < -0.39 is 12.8 Å². The number of thiazole rings is 1. The molecule has 2 aromatic heterocycles. The van der Waals surface area contributed by atoms with Crippen LogP contribution in [0.15, 0.2) is 17.6 Å². The van der Waals surface area contributed by atoms with Gasteiger partial charge in [-0.05, 0) is 37.7 Å². The molecule has 0 saturated heterocycles. The van der Waals surface area contributed by atoms with E-state index in [1.54, 1.807) is 17.4 Å². The second-order valence-electron chi connectivity index (χ2n) is 7.99. The van der Waals surface area contributed by atoms with Crippen molar-refractivity contribution >= 4 is 17.2 Å². The number of nitrogens with zero attached hydrogens (tertiary/aromatic N) is 2. The van der Waals surface area contributed by atoms with E-state index in [1.807, 2.05) is 5.38 Å². The summed E-state index contributed by atoms with van der Waals surface area (Å²) in [6, 6.07) is 1.64. The lowest BCUT2D eigenvalue weighted by Gasteiger charge is -2.24. The monoisotopic (exact) mass is 439 g/mol. The fraction of sp³-hybridized carbons (Fsp3) is 0.571. The minimum absolute atomic E-state index is 0.0237. The van der Waals surface area contributed by atoms with Gasteiger partial charge in [-0.2, -0.15) is 13.2 Å². The smallest absolute Gasteiger partial charge is 0.422 e. The third kappa shape index (κ3) is 5.50. The molecule has 5 nitrogen and oxygen atoms in total. The summed E-state index contributed by atoms with van der Waals surface area (Å²) in [5.74, 6) is 0.292. The van der Waals surface area contributed by atoms with Crippen molar-refractivity contribution < 1.29 is 22.7 Å². The summed E-state index contributed by atoms with van der Waals surface area (Å²) in [5.41, 5.74) is 1.74. The SMILES string of the molecule is O=C(NCc1csc(C2CC2)n1)c1cnc(OCC(F)(F)F)c(C2CCCCC2)c1. The van der Waals surface area contributed by atoms with Crippen molar-refractivity contribution in [1.82, 2.24) is 15.3 Å². The Morgan fingerprint density at radius 1 is 1.17 bits per heavy atom. The number of aromatic nitrogens is 2. The van der Waals surface area contributed by atoms with Gasteiger partial charge >= 0.3 is 6.18 Å². The Hall–Kier alpha value is -2.16. The second-order valence-corrected chi connectivity index (χ2v) is 8.88. The summed E-state index contributed by atoms with van der Waals surface area (Å²) in [7, 11) is 0. The van der Waals surface area contributed by atoms with E-state index in [4.69, 9.17) is 4.74 Å². The first-order chi connectivity index (χ1) is 14.4. The normalized spacial score (nSPS) is 17.7. The lowest BCUT2D eigenvalue weighted by Crippen LogP contribution is -2.24. The fourth-order valence-electron chi connectivity index (χ4n) is 3.76. The largest absolute Gasteiger partial charge is 0.468 e. The molecule has 2 aliphatic carbocycles. The first kappa shape index (κ1) is 21.1. The highest BCUT2D eigenvalue weighted by molar-refractivity contribution is 7.09. The Kier molecular flexibility index (Phi) is 6.26. The standard InChI is InChI=1S/C21H24F3N3O2S/c22-21(23,24)12-29-19-17(13-4-2-1-3-5-13)8-15(9-26-19)18(28)25-10-16-11-30-20(27-16)14-6-7-14/h8-9,11,13-14H,1-7,10,12H2,(H,25,28). The Morgan fingerprint density at radius 2 is 1.93 bits per heavy atom. The maximum Gasteiger partial charge on any atom is 0.422 e. The van der Waals surface area contributed by atoms with E-state index in [-0.39, 0.29) is 17.7 Å². The highest BCUT2D eigenvalue weighted by Crippen LogP contribution is 2.41. The number of ether oxygens (including phenoxy) is 1. The van der Waals surface area contributed by atoms with Gasteiger partial charge in [0.05, 0.1) is 22.8 Å². The lowest BCUT2D eigenvalue weighted by atomic mass is 9.84. The molecule has 0 atom stereocenters. The molecule has 2 aromatic rings. The van der Waals surface area contributed by atoms with Crippen molar-refractivity contribution in [1.29, 1.82) is 0 Å². The molecule has 2 aliphatic rings. The highest BCUT2D eigenvalue weighted by atomic mass is 32.1. The van der Waals surface area contributed by atoms with E-state index in [1.165, 1.54) is 19.0 Å². The van der Waals surface area contributed by atoms with Crippen LogP contribution in [-0.4, -0.2) is 28.7 Å². The van der Waals surface area contributed by atoms with Crippen LogP contribution in [0, 0.1) is 0 Å². The molecule has 0 aromatic carbocycles. The molecule has 0 radical (unpaired) electrons. The van der Waals surface area contributed by atoms with Crippen LogP contribution in [-0.2, 0) is 6.54 Å². The Balaban J connectivity index is 1.46. The zero-order valence-electron chi connectivity index (χ0n) is 16.5. The van der Waals surface area contributed by atoms with E-state index in [2.05, 4.69) is 15.3 Å². The lowest BCUT2D eigenvalue weighted by molar-refractivity contribution is -0.154. The predicted molar refractivity (Wildman–Crippen MR) is 107 cm³/mol. The zero-order valence-corrected chi connectivity index (χ0v) is 17.3. The number of halogens is 3. The average Bonchev–Trinajstić information content (AvgIpc) is 3.48. The molecule has 9 heteroatoms. The third-order valence-corrected chi connectivity index (χ3v) is 6.54. The molecule has 1 amide bonds. The average molecular weight is 440 g/mol. The van der Waals surface area contributed by atoms with E-state index in [0.29, 0.717) is 23.6 Å². The molecular weight excluding hydrogens is 415 g/mol. The van der Waals surface area contributed by atoms with Gasteiger partial charge in [-0.1, -0.05) is 19.3 Å². The molecule has 2 saturated carbocycles. The number of carbonyl (C=O) groups excluding carboxylic acids is 1. The quantitative estimate of drug-likeness (QED) is 0.633. The first-order valence-corrected chi connectivity index (χ1v) is 11.2. The summed E-state index contributed by atoms with van der Waals surface area (Å²) in [4.78, 5) is 21.3. The molecule has 0 unspecified atom stereocenters. The van der Waals surface area contributed by atoms with Crippen LogP contribution in [0.5, 0.6) is 5.88 Å². The van der Waals surface area contributed by atoms with Crippen molar-refractivity contribution in [3.8, 4) is 5.88 Å². The van der Waals surface area contributed by atoms with Crippen LogP contribution in [0.2, 0.25) is 0 Å². The van der Waals surface area contributed by atoms with Gasteiger partial charge < -0.3 is 10.1 Å². The molecule has 4 rings (SSSR count). The summed E-state index contributed by atoms with van der Waals surface area (Å²) in [5, 5.41) is 5.91. The number of nitrogens with one attached hydrogen (secondary N) is 1. The van der Waals surface area contributed by atoms with E-state index in [9.17, 15) is 18.0 Å². The molecule has 2 heterocycles. The number of rotatable bonds is 7. The van der Waals surface area contributed by atoms with Gasteiger partial charge in [0.25, 0.3) is 5.91 Å². The van der Waals surface area contributed by atoms with Gasteiger partial charge in [-0.25, -0.2) is 9.97 Å². The second kappa shape index (κ2) is 8.91. The number of alkyl halides is 3. The van der Waals surface area contributed by atoms with Gasteiger partial charge in [-0.3, -0.25) is 4.79 Å². The highest BCUT2D eigenvalue weighted by Gasteiger charge is 2.30. The van der Waals surface area contributed by atoms with Crippen LogP contribution < -0.4 is 10.1 Å². The minimum Gasteiger partial charge on any atom is -0.468 e. The maximum atomic E-state index is 12.6. The predicted octanol–water partition coefficient (Wildman–Crippen LogP) is 5.33. The summed E-state index contributed by atoms with van der Waals surface area (Å²) in [6.45, 7) is -1.08. The van der Waals surface area contributed by atoms with Gasteiger partial charge in [-0.15, -0.1) is 11.3 Å². The van der Waals surface area contributed by atoms with Crippen LogP contribution in [0.25, 0.3) is 0 Å². The van der Waals surface area contributed by atoms with Crippen molar-refractivity contribution in [2.75, 3.05) is 6.61 Å². The molecule has 0 aliphatic heterocycles. The number of hydrogen-bond donors (Lipinski definition) is 1. The van der Waals surface area contributed by atoms with Crippen molar-refractivity contribution in [3.05, 3.63) is 39.5 Å². The maximum absolute atomic E-state index is 12.6. The number of hydrogen-bond acceptors (Lipinski definition) is 5. The third-order valence-electron chi connectivity index (χ3n) is 5.48. The summed E-state index contributed by atoms with van der Waals surface area (Å²) < 4.78 is 42.8. The molecule has 1 N–H and O–H groups in total. The van der Waals surface area contributed by atoms with Crippen LogP contribution in [0.3, 0.4) is 0 Å². The Labute approximate surface area is 177 Å². The molecule has 0 bridgehead atoms. The molecule has 2 fully saturated rings. The molecule has 30 heavy (non-hydrogen) atoms. The van der Waals surface area contributed by atoms with Gasteiger partial charge in [0, 0.05) is 23.1 Å². The van der Waals surface area contributed by atoms with Gasteiger partial charge in [0.15, 0.2) is 6.61 Å². The van der Waals surface area contributed by atoms with E-state index >= 15 is 0 Å². The van der Waals surface area contributed by atoms with Crippen LogP contribution in [0.4, 0.5) is 13.2 Å². The number of amides is 1. The topological polar surface area (TPSA) is 64.1 Å². The van der Waals surface area contributed by atoms with Gasteiger partial charge in [0.2, 0.25) is 5.88 Å². The van der Waals surface area contributed by atoms with Crippen LogP contribution in [0.1, 0.15) is 83.4 Å². The summed E-state index contributed by atoms with van der Waals surface area (Å²) >= 11 is 1.62. The van der Waals surface area contributed by atoms with Crippen molar-refractivity contribution in [3.63, 3.8) is 0 Å². The molecule has 162 valence electrons. The Morgan fingerprint density at radius 3 is 2.63 bits per heavy atom. The van der Waals surface area contributed by atoms with Crippen molar-refractivity contribution in [2.45, 2.75) is 69.5 Å². The fourth-order valence-corrected chi connectivity index (χ4v) is 4.76. The van der Waals surface area contributed by atoms with Crippen molar-refractivity contribution in [2.24, 2.45) is 0 Å². The molecular formula is C21H24F3N3O2S. The van der Waals surface area contributed by atoms with Crippen LogP contribution >= 0.6 is 11.3 Å². The first-order valence-electron chi connectivity index (χ1n) is 10.3. The summed E-state index contributed by atoms with van der Waals surface area (Å²) in [6.07, 6.45) is 4.04. The van der Waals surface area contributed by atoms with E-state index in [0.717, 1.165) is 42.8 Å². The minimum atomic E-state index is -4.44. The zero-order chi connectivity index (χ0) is 21.1.